The Labute approximate surface area is 186 Å². The van der Waals surface area contributed by atoms with Crippen LogP contribution in [0, 0.1) is 0 Å². The van der Waals surface area contributed by atoms with Crippen LogP contribution in [0.15, 0.2) is 0 Å². The number of ether oxygens (including phenoxy) is 7. The smallest absolute Gasteiger partial charge is 0.148 e. The Hall–Kier alpha value is -0.730. The summed E-state index contributed by atoms with van der Waals surface area (Å²) in [5.74, 6) is 0.104. The fraction of sp³-hybridized carbons (Fsp3) is 0.950. The number of rotatable bonds is 27. The summed E-state index contributed by atoms with van der Waals surface area (Å²) < 4.78 is 37.2. The molecule has 11 nitrogen and oxygen atoms in total. The molecule has 0 radical (unpaired) electrons. The lowest BCUT2D eigenvalue weighted by molar-refractivity contribution is -0.119. The summed E-state index contributed by atoms with van der Waals surface area (Å²) in [6, 6.07) is 0. The molecule has 31 heavy (non-hydrogen) atoms. The SMILES string of the molecule is NCCOCCOCCOCCNCC(=O)CCOCCOCCOCCOCCN. The van der Waals surface area contributed by atoms with Crippen molar-refractivity contribution in [2.75, 3.05) is 119 Å². The van der Waals surface area contributed by atoms with Gasteiger partial charge in [-0.2, -0.15) is 0 Å². The maximum Gasteiger partial charge on any atom is 0.148 e. The van der Waals surface area contributed by atoms with E-state index in [4.69, 9.17) is 44.6 Å². The van der Waals surface area contributed by atoms with Gasteiger partial charge in [0.2, 0.25) is 0 Å². The number of Topliss-reactive ketones (excluding diaryl/α,β-unsaturated/α-hetero) is 1. The summed E-state index contributed by atoms with van der Waals surface area (Å²) in [4.78, 5) is 11.7. The van der Waals surface area contributed by atoms with Crippen LogP contribution in [0.1, 0.15) is 6.42 Å². The molecule has 0 spiro atoms. The molecule has 0 amide bonds. The molecular formula is C20H43N3O8. The van der Waals surface area contributed by atoms with Gasteiger partial charge < -0.3 is 49.9 Å². The lowest BCUT2D eigenvalue weighted by atomic mass is 10.3. The van der Waals surface area contributed by atoms with E-state index in [0.29, 0.717) is 125 Å². The summed E-state index contributed by atoms with van der Waals surface area (Å²) in [5, 5.41) is 3.05. The van der Waals surface area contributed by atoms with Gasteiger partial charge in [-0.3, -0.25) is 4.79 Å². The minimum atomic E-state index is 0.104. The van der Waals surface area contributed by atoms with Crippen molar-refractivity contribution in [1.29, 1.82) is 0 Å². The maximum atomic E-state index is 11.7. The first-order valence-electron chi connectivity index (χ1n) is 11.0. The number of hydrogen-bond acceptors (Lipinski definition) is 11. The summed E-state index contributed by atoms with van der Waals surface area (Å²) in [6.07, 6.45) is 0.375. The molecular weight excluding hydrogens is 410 g/mol. The van der Waals surface area contributed by atoms with Gasteiger partial charge in [-0.25, -0.2) is 0 Å². The minimum Gasteiger partial charge on any atom is -0.379 e. The third-order valence-corrected chi connectivity index (χ3v) is 3.66. The van der Waals surface area contributed by atoms with Crippen molar-refractivity contribution in [3.8, 4) is 0 Å². The van der Waals surface area contributed by atoms with Crippen LogP contribution in [0.3, 0.4) is 0 Å². The van der Waals surface area contributed by atoms with Crippen LogP contribution in [-0.2, 0) is 38.0 Å². The van der Waals surface area contributed by atoms with Gasteiger partial charge in [0.05, 0.1) is 99.0 Å². The van der Waals surface area contributed by atoms with Crippen molar-refractivity contribution in [2.24, 2.45) is 11.5 Å². The van der Waals surface area contributed by atoms with E-state index in [1.165, 1.54) is 0 Å². The van der Waals surface area contributed by atoms with E-state index in [2.05, 4.69) is 5.32 Å². The first kappa shape index (κ1) is 30.3. The van der Waals surface area contributed by atoms with Crippen LogP contribution in [0.5, 0.6) is 0 Å². The Bertz CT molecular complexity index is 367. The van der Waals surface area contributed by atoms with Crippen LogP contribution < -0.4 is 16.8 Å². The van der Waals surface area contributed by atoms with Gasteiger partial charge in [-0.05, 0) is 0 Å². The first-order chi connectivity index (χ1) is 15.3. The second kappa shape index (κ2) is 27.3. The van der Waals surface area contributed by atoms with Crippen LogP contribution in [0.4, 0.5) is 0 Å². The fourth-order valence-corrected chi connectivity index (χ4v) is 2.12. The van der Waals surface area contributed by atoms with Crippen molar-refractivity contribution in [2.45, 2.75) is 6.42 Å². The molecule has 0 saturated heterocycles. The average Bonchev–Trinajstić information content (AvgIpc) is 2.77. The van der Waals surface area contributed by atoms with Gasteiger partial charge in [0.25, 0.3) is 0 Å². The van der Waals surface area contributed by atoms with E-state index in [1.807, 2.05) is 0 Å². The monoisotopic (exact) mass is 453 g/mol. The normalized spacial score (nSPS) is 11.3. The molecule has 0 aliphatic rings. The van der Waals surface area contributed by atoms with Crippen molar-refractivity contribution in [3.05, 3.63) is 0 Å². The van der Waals surface area contributed by atoms with Gasteiger partial charge in [0.15, 0.2) is 0 Å². The highest BCUT2D eigenvalue weighted by molar-refractivity contribution is 5.80. The Morgan fingerprint density at radius 3 is 1.29 bits per heavy atom. The van der Waals surface area contributed by atoms with E-state index in [9.17, 15) is 4.79 Å². The summed E-state index contributed by atoms with van der Waals surface area (Å²) in [5.41, 5.74) is 10.6. The quantitative estimate of drug-likeness (QED) is 0.126. The molecule has 0 atom stereocenters. The number of hydrogen-bond donors (Lipinski definition) is 3. The highest BCUT2D eigenvalue weighted by Gasteiger charge is 2.01. The van der Waals surface area contributed by atoms with Gasteiger partial charge in [0, 0.05) is 26.1 Å². The second-order valence-electron chi connectivity index (χ2n) is 6.33. The predicted octanol–water partition coefficient (Wildman–Crippen LogP) is -1.43. The number of carbonyl (C=O) groups is 1. The molecule has 0 aliphatic heterocycles. The Kier molecular flexibility index (Phi) is 26.7. The van der Waals surface area contributed by atoms with Crippen LogP contribution in [0.2, 0.25) is 0 Å². The molecule has 0 aromatic heterocycles. The fourth-order valence-electron chi connectivity index (χ4n) is 2.12. The molecule has 0 bridgehead atoms. The van der Waals surface area contributed by atoms with E-state index in [1.54, 1.807) is 0 Å². The zero-order valence-electron chi connectivity index (χ0n) is 18.9. The average molecular weight is 454 g/mol. The Morgan fingerprint density at radius 2 is 0.871 bits per heavy atom. The highest BCUT2D eigenvalue weighted by atomic mass is 16.6. The summed E-state index contributed by atoms with van der Waals surface area (Å²) >= 11 is 0. The zero-order chi connectivity index (χ0) is 22.7. The molecule has 0 fully saturated rings. The Balaban J connectivity index is 3.14. The van der Waals surface area contributed by atoms with Crippen LogP contribution in [-0.4, -0.2) is 124 Å². The van der Waals surface area contributed by atoms with E-state index in [0.717, 1.165) is 0 Å². The number of nitrogens with two attached hydrogens (primary N) is 2. The van der Waals surface area contributed by atoms with Crippen molar-refractivity contribution in [1.82, 2.24) is 5.32 Å². The second-order valence-corrected chi connectivity index (χ2v) is 6.33. The van der Waals surface area contributed by atoms with Crippen molar-refractivity contribution in [3.63, 3.8) is 0 Å². The van der Waals surface area contributed by atoms with Gasteiger partial charge in [-0.1, -0.05) is 0 Å². The maximum absolute atomic E-state index is 11.7. The van der Waals surface area contributed by atoms with Crippen molar-refractivity contribution < 1.29 is 38.0 Å². The first-order valence-corrected chi connectivity index (χ1v) is 11.0. The van der Waals surface area contributed by atoms with Gasteiger partial charge in [-0.15, -0.1) is 0 Å². The number of nitrogens with one attached hydrogen (secondary N) is 1. The molecule has 0 heterocycles. The van der Waals surface area contributed by atoms with Gasteiger partial charge in [0.1, 0.15) is 5.78 Å². The third-order valence-electron chi connectivity index (χ3n) is 3.66. The molecule has 0 saturated carbocycles. The molecule has 186 valence electrons. The largest absolute Gasteiger partial charge is 0.379 e. The van der Waals surface area contributed by atoms with Crippen LogP contribution >= 0.6 is 0 Å². The van der Waals surface area contributed by atoms with Gasteiger partial charge >= 0.3 is 0 Å². The number of ketones is 1. The third kappa shape index (κ3) is 27.2. The minimum absolute atomic E-state index is 0.104. The predicted molar refractivity (Wildman–Crippen MR) is 116 cm³/mol. The topological polar surface area (TPSA) is 146 Å². The lowest BCUT2D eigenvalue weighted by Gasteiger charge is -2.08. The standard InChI is InChI=1S/C20H43N3O8/c21-2-6-26-10-14-30-16-12-28-8-4-23-19-20(24)1-5-25-9-13-29-17-18-31-15-11-27-7-3-22/h23H,1-19,21-22H2. The van der Waals surface area contributed by atoms with E-state index in [-0.39, 0.29) is 5.78 Å². The molecule has 11 heteroatoms. The lowest BCUT2D eigenvalue weighted by Crippen LogP contribution is -2.27. The molecule has 0 unspecified atom stereocenters. The van der Waals surface area contributed by atoms with Crippen LogP contribution in [0.25, 0.3) is 0 Å². The van der Waals surface area contributed by atoms with E-state index >= 15 is 0 Å². The molecule has 5 N–H and O–H groups in total. The molecule has 0 aromatic rings. The molecule has 0 rings (SSSR count). The molecule has 0 aromatic carbocycles. The summed E-state index contributed by atoms with van der Waals surface area (Å²) in [6.45, 7) is 9.09. The molecule has 0 aliphatic carbocycles. The van der Waals surface area contributed by atoms with Crippen molar-refractivity contribution >= 4 is 5.78 Å². The zero-order valence-corrected chi connectivity index (χ0v) is 18.9. The van der Waals surface area contributed by atoms with E-state index < -0.39 is 0 Å². The highest BCUT2D eigenvalue weighted by Crippen LogP contribution is 1.87. The number of carbonyl (C=O) groups excluding carboxylic acids is 1. The summed E-state index contributed by atoms with van der Waals surface area (Å²) in [7, 11) is 0. The Morgan fingerprint density at radius 1 is 0.516 bits per heavy atom.